The van der Waals surface area contributed by atoms with Crippen molar-refractivity contribution in [2.24, 2.45) is 0 Å². The molecule has 1 saturated heterocycles. The summed E-state index contributed by atoms with van der Waals surface area (Å²) in [5, 5.41) is 31.2. The minimum absolute atomic E-state index is 0.0361. The van der Waals surface area contributed by atoms with Crippen LogP contribution in [0.2, 0.25) is 0 Å². The fourth-order valence-electron chi connectivity index (χ4n) is 6.95. The van der Waals surface area contributed by atoms with Crippen molar-refractivity contribution in [1.82, 2.24) is 0 Å². The van der Waals surface area contributed by atoms with E-state index in [0.717, 1.165) is 96.3 Å². The maximum Gasteiger partial charge on any atom is 0.335 e. The molecule has 12 heteroatoms. The van der Waals surface area contributed by atoms with E-state index >= 15 is 0 Å². The largest absolute Gasteiger partial charge is 0.479 e. The third-order valence-electron chi connectivity index (χ3n) is 10.8. The molecule has 0 aromatic heterocycles. The topological polar surface area (TPSA) is 175 Å². The highest BCUT2D eigenvalue weighted by molar-refractivity contribution is 5.74. The summed E-state index contributed by atoms with van der Waals surface area (Å²) in [5.74, 6) is -3.26. The number of carbonyl (C=O) groups is 4. The van der Waals surface area contributed by atoms with Crippen LogP contribution in [0.4, 0.5) is 0 Å². The lowest BCUT2D eigenvalue weighted by Gasteiger charge is -2.40. The van der Waals surface area contributed by atoms with Crippen LogP contribution < -0.4 is 0 Å². The van der Waals surface area contributed by atoms with E-state index in [1.807, 2.05) is 12.2 Å². The fraction of sp³-hybridized carbons (Fsp3) is 0.698. The summed E-state index contributed by atoms with van der Waals surface area (Å²) in [6, 6.07) is 0. The summed E-state index contributed by atoms with van der Waals surface area (Å²) in [5.41, 5.74) is 0. The second kappa shape index (κ2) is 41.6. The Morgan fingerprint density at radius 3 is 1.60 bits per heavy atom. The number of esters is 3. The first-order valence-corrected chi connectivity index (χ1v) is 24.9. The lowest BCUT2D eigenvalue weighted by molar-refractivity contribution is -0.301. The Hall–Kier alpha value is -3.84. The molecule has 0 spiro atoms. The van der Waals surface area contributed by atoms with Crippen LogP contribution in [0.3, 0.4) is 0 Å². The number of ether oxygens (including phenoxy) is 5. The molecule has 12 nitrogen and oxygen atoms in total. The van der Waals surface area contributed by atoms with Crippen LogP contribution in [0.5, 0.6) is 0 Å². The number of aliphatic hydroxyl groups excluding tert-OH is 2. The molecule has 6 atom stereocenters. The average molecular weight is 915 g/mol. The van der Waals surface area contributed by atoms with E-state index in [9.17, 15) is 34.5 Å². The summed E-state index contributed by atoms with van der Waals surface area (Å²) in [7, 11) is 0. The first-order chi connectivity index (χ1) is 31.6. The van der Waals surface area contributed by atoms with Gasteiger partial charge in [0.1, 0.15) is 18.8 Å². The highest BCUT2D eigenvalue weighted by Gasteiger charge is 2.50. The van der Waals surface area contributed by atoms with Crippen LogP contribution in [0.25, 0.3) is 0 Å². The molecule has 0 aromatic carbocycles. The molecular weight excluding hydrogens is 829 g/mol. The van der Waals surface area contributed by atoms with E-state index in [-0.39, 0.29) is 25.9 Å². The number of rotatable bonds is 40. The summed E-state index contributed by atoms with van der Waals surface area (Å²) in [4.78, 5) is 50.6. The number of carbonyl (C=O) groups excluding carboxylic acids is 3. The molecule has 65 heavy (non-hydrogen) atoms. The van der Waals surface area contributed by atoms with Crippen LogP contribution in [0.15, 0.2) is 72.9 Å². The molecule has 0 aliphatic carbocycles. The first-order valence-electron chi connectivity index (χ1n) is 24.9. The number of carboxylic acid groups (broad SMARTS) is 1. The van der Waals surface area contributed by atoms with E-state index < -0.39 is 67.3 Å². The highest BCUT2D eigenvalue weighted by Crippen LogP contribution is 2.26. The molecule has 0 radical (unpaired) electrons. The van der Waals surface area contributed by atoms with E-state index in [4.69, 9.17) is 23.7 Å². The second-order valence-corrected chi connectivity index (χ2v) is 16.7. The van der Waals surface area contributed by atoms with Crippen molar-refractivity contribution < 1.29 is 58.2 Å². The Morgan fingerprint density at radius 2 is 1.03 bits per heavy atom. The summed E-state index contributed by atoms with van der Waals surface area (Å²) >= 11 is 0. The van der Waals surface area contributed by atoms with E-state index in [1.165, 1.54) is 32.1 Å². The van der Waals surface area contributed by atoms with Gasteiger partial charge in [0.15, 0.2) is 24.6 Å². The van der Waals surface area contributed by atoms with Gasteiger partial charge in [0.05, 0.1) is 6.61 Å². The SMILES string of the molecule is CC/C=C\C/C=C\C/C=C\C/C=C\CCC(=O)OCC(COC1OC(C(=O)O)C(O)C(O)C1OC(=O)CCCCCCC/C=C\C/C=C\CCC)OC(=O)CCCCCCCCCCC. The van der Waals surface area contributed by atoms with Gasteiger partial charge in [0.25, 0.3) is 0 Å². The molecule has 0 amide bonds. The van der Waals surface area contributed by atoms with Crippen molar-refractivity contribution in [2.75, 3.05) is 13.2 Å². The Kier molecular flexibility index (Phi) is 37.9. The Bertz CT molecular complexity index is 1410. The Balaban J connectivity index is 2.79. The molecule has 1 aliphatic heterocycles. The van der Waals surface area contributed by atoms with Crippen molar-refractivity contribution in [3.8, 4) is 0 Å². The molecular formula is C53H86O12. The zero-order chi connectivity index (χ0) is 47.6. The third kappa shape index (κ3) is 32.5. The van der Waals surface area contributed by atoms with Gasteiger partial charge < -0.3 is 39.0 Å². The van der Waals surface area contributed by atoms with Gasteiger partial charge >= 0.3 is 23.9 Å². The van der Waals surface area contributed by atoms with Gasteiger partial charge in [0, 0.05) is 19.3 Å². The van der Waals surface area contributed by atoms with Gasteiger partial charge in [-0.15, -0.1) is 0 Å². The summed E-state index contributed by atoms with van der Waals surface area (Å²) < 4.78 is 28.1. The van der Waals surface area contributed by atoms with Crippen LogP contribution in [-0.4, -0.2) is 89.2 Å². The van der Waals surface area contributed by atoms with Crippen molar-refractivity contribution in [1.29, 1.82) is 0 Å². The number of carboxylic acids is 1. The molecule has 0 bridgehead atoms. The predicted octanol–water partition coefficient (Wildman–Crippen LogP) is 11.4. The molecule has 0 aromatic rings. The normalized spacial score (nSPS) is 19.7. The quantitative estimate of drug-likeness (QED) is 0.0230. The second-order valence-electron chi connectivity index (χ2n) is 16.7. The molecule has 1 rings (SSSR count). The lowest BCUT2D eigenvalue weighted by atomic mass is 9.98. The smallest absolute Gasteiger partial charge is 0.335 e. The number of unbranched alkanes of at least 4 members (excludes halogenated alkanes) is 14. The maximum absolute atomic E-state index is 13.0. The molecule has 6 unspecified atom stereocenters. The first kappa shape index (κ1) is 59.2. The van der Waals surface area contributed by atoms with Crippen molar-refractivity contribution in [3.05, 3.63) is 72.9 Å². The number of aliphatic carboxylic acids is 1. The minimum Gasteiger partial charge on any atom is -0.479 e. The average Bonchev–Trinajstić information content (AvgIpc) is 3.29. The Morgan fingerprint density at radius 1 is 0.523 bits per heavy atom. The van der Waals surface area contributed by atoms with Crippen LogP contribution >= 0.6 is 0 Å². The van der Waals surface area contributed by atoms with Crippen molar-refractivity contribution in [2.45, 2.75) is 225 Å². The van der Waals surface area contributed by atoms with Gasteiger partial charge in [-0.25, -0.2) is 4.79 Å². The van der Waals surface area contributed by atoms with Gasteiger partial charge in [0.2, 0.25) is 0 Å². The molecule has 0 saturated carbocycles. The summed E-state index contributed by atoms with van der Waals surface area (Å²) in [6.45, 7) is 5.67. The molecule has 3 N–H and O–H groups in total. The molecule has 370 valence electrons. The number of hydrogen-bond donors (Lipinski definition) is 3. The van der Waals surface area contributed by atoms with Gasteiger partial charge in [-0.05, 0) is 70.6 Å². The highest BCUT2D eigenvalue weighted by atomic mass is 16.7. The maximum atomic E-state index is 13.0. The van der Waals surface area contributed by atoms with Crippen LogP contribution in [0, 0.1) is 0 Å². The number of hydrogen-bond acceptors (Lipinski definition) is 11. The zero-order valence-electron chi connectivity index (χ0n) is 40.2. The summed E-state index contributed by atoms with van der Waals surface area (Å²) in [6.07, 6.45) is 37.8. The monoisotopic (exact) mass is 915 g/mol. The van der Waals surface area contributed by atoms with Gasteiger partial charge in [-0.1, -0.05) is 171 Å². The molecule has 1 fully saturated rings. The lowest BCUT2D eigenvalue weighted by Crippen LogP contribution is -2.61. The van der Waals surface area contributed by atoms with Crippen molar-refractivity contribution >= 4 is 23.9 Å². The molecule has 1 aliphatic rings. The van der Waals surface area contributed by atoms with E-state index in [2.05, 4.69) is 81.5 Å². The van der Waals surface area contributed by atoms with Crippen LogP contribution in [0.1, 0.15) is 188 Å². The zero-order valence-corrected chi connectivity index (χ0v) is 40.2. The number of aliphatic hydroxyl groups is 2. The predicted molar refractivity (Wildman–Crippen MR) is 257 cm³/mol. The Labute approximate surface area is 391 Å². The fourth-order valence-corrected chi connectivity index (χ4v) is 6.95. The van der Waals surface area contributed by atoms with E-state index in [0.29, 0.717) is 19.3 Å². The number of allylic oxidation sites excluding steroid dienone is 12. The van der Waals surface area contributed by atoms with Crippen LogP contribution in [-0.2, 0) is 42.9 Å². The standard InChI is InChI=1S/C53H86O12/c1-4-7-10-13-16-19-21-23-25-28-30-33-36-39-45(54)61-42-44(63-46(55)40-37-34-31-27-18-15-12-9-6-3)43-62-53-51(49(58)48(57)50(65-53)52(59)60)64-47(56)41-38-35-32-29-26-24-22-20-17-14-11-8-5-2/h7,10-11,14,16,19-20,22-23,25,30,33,44,48-51,53,57-58H,4-6,8-9,12-13,15,17-18,21,24,26-29,31-32,34-43H2,1-3H3,(H,59,60)/b10-7-,14-11-,19-16-,22-20-,25-23-,33-30-. The third-order valence-corrected chi connectivity index (χ3v) is 10.8. The molecule has 1 heterocycles. The van der Waals surface area contributed by atoms with Gasteiger partial charge in [-0.2, -0.15) is 0 Å². The van der Waals surface area contributed by atoms with E-state index in [1.54, 1.807) is 0 Å². The van der Waals surface area contributed by atoms with Gasteiger partial charge in [-0.3, -0.25) is 14.4 Å². The van der Waals surface area contributed by atoms with Crippen molar-refractivity contribution in [3.63, 3.8) is 0 Å². The minimum atomic E-state index is -1.91.